The van der Waals surface area contributed by atoms with Crippen molar-refractivity contribution in [2.75, 3.05) is 5.43 Å². The first-order chi connectivity index (χ1) is 8.98. The van der Waals surface area contributed by atoms with Gasteiger partial charge in [-0.15, -0.1) is 0 Å². The van der Waals surface area contributed by atoms with Gasteiger partial charge < -0.3 is 10.2 Å². The molecule has 106 valence electrons. The lowest BCUT2D eigenvalue weighted by Crippen LogP contribution is -2.32. The summed E-state index contributed by atoms with van der Waals surface area (Å²) in [6.07, 6.45) is 5.72. The number of nitrogens with two attached hydrogens (primary N) is 1. The van der Waals surface area contributed by atoms with Crippen molar-refractivity contribution >= 4 is 5.82 Å². The summed E-state index contributed by atoms with van der Waals surface area (Å²) in [5, 5.41) is 0. The van der Waals surface area contributed by atoms with E-state index in [0.29, 0.717) is 23.9 Å². The third-order valence-electron chi connectivity index (χ3n) is 3.80. The average Bonchev–Trinajstić information content (AvgIpc) is 2.34. The van der Waals surface area contributed by atoms with E-state index in [-0.39, 0.29) is 0 Å². The summed E-state index contributed by atoms with van der Waals surface area (Å²) >= 11 is 0. The molecule has 0 aromatic carbocycles. The SMILES string of the molecule is CC1CC(OCc2ccnc(NN)c2)CC(C)(C)C1. The van der Waals surface area contributed by atoms with Crippen molar-refractivity contribution in [1.82, 2.24) is 4.98 Å². The Kier molecular flexibility index (Phi) is 4.42. The summed E-state index contributed by atoms with van der Waals surface area (Å²) in [6.45, 7) is 7.62. The number of nitrogens with zero attached hydrogens (tertiary/aromatic N) is 1. The number of nitrogens with one attached hydrogen (secondary N) is 1. The maximum Gasteiger partial charge on any atom is 0.140 e. The van der Waals surface area contributed by atoms with Crippen LogP contribution in [0.5, 0.6) is 0 Å². The van der Waals surface area contributed by atoms with E-state index in [2.05, 4.69) is 31.2 Å². The highest BCUT2D eigenvalue weighted by atomic mass is 16.5. The molecular weight excluding hydrogens is 238 g/mol. The molecule has 4 heteroatoms. The van der Waals surface area contributed by atoms with Gasteiger partial charge in [0.25, 0.3) is 0 Å². The fourth-order valence-electron chi connectivity index (χ4n) is 3.24. The summed E-state index contributed by atoms with van der Waals surface area (Å²) in [4.78, 5) is 4.10. The van der Waals surface area contributed by atoms with Crippen molar-refractivity contribution in [3.63, 3.8) is 0 Å². The highest BCUT2D eigenvalue weighted by Crippen LogP contribution is 2.39. The molecule has 2 rings (SSSR count). The van der Waals surface area contributed by atoms with Gasteiger partial charge in [-0.3, -0.25) is 0 Å². The minimum Gasteiger partial charge on any atom is -0.374 e. The molecule has 1 heterocycles. The van der Waals surface area contributed by atoms with Crippen LogP contribution in [0.25, 0.3) is 0 Å². The Labute approximate surface area is 115 Å². The second-order valence-corrected chi connectivity index (χ2v) is 6.54. The van der Waals surface area contributed by atoms with Gasteiger partial charge in [-0.1, -0.05) is 20.8 Å². The summed E-state index contributed by atoms with van der Waals surface area (Å²) in [5.74, 6) is 6.78. The quantitative estimate of drug-likeness (QED) is 0.647. The van der Waals surface area contributed by atoms with Gasteiger partial charge in [-0.05, 0) is 48.3 Å². The Hall–Kier alpha value is -1.13. The molecule has 0 radical (unpaired) electrons. The van der Waals surface area contributed by atoms with Crippen LogP contribution in [0, 0.1) is 11.3 Å². The number of ether oxygens (including phenoxy) is 1. The van der Waals surface area contributed by atoms with Gasteiger partial charge >= 0.3 is 0 Å². The molecule has 19 heavy (non-hydrogen) atoms. The first kappa shape index (κ1) is 14.3. The topological polar surface area (TPSA) is 60.2 Å². The summed E-state index contributed by atoms with van der Waals surface area (Å²) in [6, 6.07) is 3.90. The third-order valence-corrected chi connectivity index (χ3v) is 3.80. The van der Waals surface area contributed by atoms with E-state index < -0.39 is 0 Å². The number of hydrazine groups is 1. The van der Waals surface area contributed by atoms with Gasteiger partial charge in [0.05, 0.1) is 12.7 Å². The molecule has 0 saturated heterocycles. The van der Waals surface area contributed by atoms with Crippen molar-refractivity contribution in [2.24, 2.45) is 17.2 Å². The molecule has 3 N–H and O–H groups in total. The zero-order chi connectivity index (χ0) is 13.9. The molecule has 2 unspecified atom stereocenters. The van der Waals surface area contributed by atoms with Crippen LogP contribution >= 0.6 is 0 Å². The summed E-state index contributed by atoms with van der Waals surface area (Å²) in [5.41, 5.74) is 4.06. The Morgan fingerprint density at radius 2 is 2.26 bits per heavy atom. The first-order valence-corrected chi connectivity index (χ1v) is 7.02. The van der Waals surface area contributed by atoms with Crippen molar-refractivity contribution in [1.29, 1.82) is 0 Å². The van der Waals surface area contributed by atoms with E-state index in [1.54, 1.807) is 6.20 Å². The normalized spacial score (nSPS) is 26.1. The number of rotatable bonds is 4. The molecule has 0 aliphatic heterocycles. The number of hydrogen-bond donors (Lipinski definition) is 2. The highest BCUT2D eigenvalue weighted by Gasteiger charge is 2.32. The zero-order valence-electron chi connectivity index (χ0n) is 12.1. The molecule has 0 spiro atoms. The summed E-state index contributed by atoms with van der Waals surface area (Å²) in [7, 11) is 0. The van der Waals surface area contributed by atoms with Gasteiger partial charge in [0, 0.05) is 6.20 Å². The van der Waals surface area contributed by atoms with Crippen LogP contribution in [0.1, 0.15) is 45.6 Å². The second kappa shape index (κ2) is 5.88. The molecule has 1 aliphatic rings. The Bertz CT molecular complexity index is 420. The Balaban J connectivity index is 1.91. The fourth-order valence-corrected chi connectivity index (χ4v) is 3.24. The van der Waals surface area contributed by atoms with Gasteiger partial charge in [0.1, 0.15) is 5.82 Å². The molecule has 0 bridgehead atoms. The van der Waals surface area contributed by atoms with Crippen LogP contribution in [0.4, 0.5) is 5.82 Å². The number of aromatic nitrogens is 1. The van der Waals surface area contributed by atoms with E-state index in [1.165, 1.54) is 6.42 Å². The van der Waals surface area contributed by atoms with Gasteiger partial charge in [-0.25, -0.2) is 10.8 Å². The largest absolute Gasteiger partial charge is 0.374 e. The molecule has 4 nitrogen and oxygen atoms in total. The number of nitrogen functional groups attached to an aromatic ring is 1. The molecule has 1 aromatic rings. The average molecular weight is 263 g/mol. The van der Waals surface area contributed by atoms with E-state index in [0.717, 1.165) is 24.3 Å². The van der Waals surface area contributed by atoms with Gasteiger partial charge in [0.15, 0.2) is 0 Å². The standard InChI is InChI=1S/C15H25N3O/c1-11-6-13(9-15(2,3)8-11)19-10-12-4-5-17-14(7-12)18-16/h4-5,7,11,13H,6,8-10,16H2,1-3H3,(H,17,18). The van der Waals surface area contributed by atoms with Crippen LogP contribution in [-0.4, -0.2) is 11.1 Å². The van der Waals surface area contributed by atoms with Crippen molar-refractivity contribution in [3.8, 4) is 0 Å². The fraction of sp³-hybridized carbons (Fsp3) is 0.667. The van der Waals surface area contributed by atoms with Crippen molar-refractivity contribution in [2.45, 2.75) is 52.7 Å². The van der Waals surface area contributed by atoms with Crippen LogP contribution in [0.2, 0.25) is 0 Å². The maximum atomic E-state index is 6.08. The predicted octanol–water partition coefficient (Wildman–Crippen LogP) is 3.10. The van der Waals surface area contributed by atoms with Gasteiger partial charge in [0.2, 0.25) is 0 Å². The smallest absolute Gasteiger partial charge is 0.140 e. The van der Waals surface area contributed by atoms with E-state index in [9.17, 15) is 0 Å². The monoisotopic (exact) mass is 263 g/mol. The van der Waals surface area contributed by atoms with Crippen LogP contribution in [0.15, 0.2) is 18.3 Å². The number of pyridine rings is 1. The summed E-state index contributed by atoms with van der Waals surface area (Å²) < 4.78 is 6.08. The second-order valence-electron chi connectivity index (χ2n) is 6.54. The molecule has 1 aromatic heterocycles. The van der Waals surface area contributed by atoms with Crippen molar-refractivity contribution < 1.29 is 4.74 Å². The van der Waals surface area contributed by atoms with Crippen LogP contribution in [0.3, 0.4) is 0 Å². The van der Waals surface area contributed by atoms with E-state index in [4.69, 9.17) is 10.6 Å². The molecule has 1 saturated carbocycles. The van der Waals surface area contributed by atoms with Crippen LogP contribution < -0.4 is 11.3 Å². The third kappa shape index (κ3) is 4.18. The lowest BCUT2D eigenvalue weighted by Gasteiger charge is -2.38. The van der Waals surface area contributed by atoms with Crippen molar-refractivity contribution in [3.05, 3.63) is 23.9 Å². The van der Waals surface area contributed by atoms with E-state index in [1.807, 2.05) is 12.1 Å². The molecular formula is C15H25N3O. The Morgan fingerprint density at radius 1 is 1.47 bits per heavy atom. The molecule has 1 aliphatic carbocycles. The van der Waals surface area contributed by atoms with Gasteiger partial charge in [-0.2, -0.15) is 0 Å². The molecule has 0 amide bonds. The molecule has 1 fully saturated rings. The maximum absolute atomic E-state index is 6.08. The Morgan fingerprint density at radius 3 is 2.95 bits per heavy atom. The lowest BCUT2D eigenvalue weighted by atomic mass is 9.71. The predicted molar refractivity (Wildman–Crippen MR) is 77.4 cm³/mol. The van der Waals surface area contributed by atoms with Crippen LogP contribution in [-0.2, 0) is 11.3 Å². The molecule has 2 atom stereocenters. The number of hydrogen-bond acceptors (Lipinski definition) is 4. The minimum absolute atomic E-state index is 0.362. The highest BCUT2D eigenvalue weighted by molar-refractivity contribution is 5.35. The lowest BCUT2D eigenvalue weighted by molar-refractivity contribution is -0.0316. The first-order valence-electron chi connectivity index (χ1n) is 7.02. The van der Waals surface area contributed by atoms with E-state index >= 15 is 0 Å². The zero-order valence-corrected chi connectivity index (χ0v) is 12.1. The minimum atomic E-state index is 0.362. The number of anilines is 1.